The number of nitrogens with zero attached hydrogens (tertiary/aromatic N) is 1. The van der Waals surface area contributed by atoms with Crippen molar-refractivity contribution in [3.8, 4) is 0 Å². The molecule has 2 rings (SSSR count). The van der Waals surface area contributed by atoms with Gasteiger partial charge in [0.25, 0.3) is 11.7 Å². The number of fused-ring (bicyclic) bond motifs is 1. The lowest BCUT2D eigenvalue weighted by molar-refractivity contribution is -0.173. The lowest BCUT2D eigenvalue weighted by Crippen LogP contribution is -2.34. The Morgan fingerprint density at radius 2 is 1.71 bits per heavy atom. The van der Waals surface area contributed by atoms with E-state index in [1.165, 1.54) is 0 Å². The van der Waals surface area contributed by atoms with Crippen molar-refractivity contribution < 1.29 is 36.3 Å². The van der Waals surface area contributed by atoms with Gasteiger partial charge in [-0.15, -0.1) is 0 Å². The minimum absolute atomic E-state index is 0.492. The first-order chi connectivity index (χ1) is 9.72. The molecule has 114 valence electrons. The van der Waals surface area contributed by atoms with Crippen LogP contribution in [-0.4, -0.2) is 37.6 Å². The zero-order chi connectivity index (χ0) is 15.8. The number of alkyl halides is 3. The predicted octanol–water partition coefficient (Wildman–Crippen LogP) is 2.07. The van der Waals surface area contributed by atoms with Gasteiger partial charge in [-0.3, -0.25) is 14.5 Å². The molecule has 0 spiro atoms. The molecule has 0 saturated heterocycles. The average Bonchev–Trinajstić information content (AvgIpc) is 2.63. The summed E-state index contributed by atoms with van der Waals surface area (Å²) in [6.45, 7) is -2.61. The van der Waals surface area contributed by atoms with Gasteiger partial charge in [0.2, 0.25) is 0 Å². The molecule has 0 N–H and O–H groups in total. The number of carbonyl (C=O) groups is 2. The van der Waals surface area contributed by atoms with Crippen LogP contribution in [0.3, 0.4) is 0 Å². The Morgan fingerprint density at radius 3 is 2.33 bits per heavy atom. The summed E-state index contributed by atoms with van der Waals surface area (Å²) in [6.07, 6.45) is -4.54. The molecule has 1 heterocycles. The topological polar surface area (TPSA) is 46.6 Å². The van der Waals surface area contributed by atoms with E-state index in [2.05, 4.69) is 4.74 Å². The zero-order valence-electron chi connectivity index (χ0n) is 10.3. The lowest BCUT2D eigenvalue weighted by atomic mass is 10.1. The third-order valence-electron chi connectivity index (χ3n) is 2.74. The van der Waals surface area contributed by atoms with E-state index in [0.29, 0.717) is 11.0 Å². The standard InChI is InChI=1S/C12H8F5NO3/c13-6-1-2-7(14)9-8(6)10(19)11(20)18(9)3-4-21-5-12(15,16)17/h1-2H,3-5H2. The normalized spacial score (nSPS) is 14.8. The van der Waals surface area contributed by atoms with Gasteiger partial charge in [-0.25, -0.2) is 8.78 Å². The van der Waals surface area contributed by atoms with Crippen molar-refractivity contribution in [2.24, 2.45) is 0 Å². The summed E-state index contributed by atoms with van der Waals surface area (Å²) in [4.78, 5) is 23.8. The second kappa shape index (κ2) is 5.40. The average molecular weight is 309 g/mol. The van der Waals surface area contributed by atoms with Crippen LogP contribution in [0.15, 0.2) is 12.1 Å². The molecule has 0 aromatic heterocycles. The SMILES string of the molecule is O=C1C(=O)N(CCOCC(F)(F)F)c2c(F)ccc(F)c21. The van der Waals surface area contributed by atoms with Crippen molar-refractivity contribution in [2.45, 2.75) is 6.18 Å². The predicted molar refractivity (Wildman–Crippen MR) is 59.9 cm³/mol. The van der Waals surface area contributed by atoms with E-state index < -0.39 is 60.5 Å². The minimum atomic E-state index is -4.54. The number of ketones is 1. The highest BCUT2D eigenvalue weighted by Crippen LogP contribution is 2.33. The number of hydrogen-bond donors (Lipinski definition) is 0. The Morgan fingerprint density at radius 1 is 1.10 bits per heavy atom. The number of amides is 1. The van der Waals surface area contributed by atoms with Gasteiger partial charge in [-0.1, -0.05) is 0 Å². The lowest BCUT2D eigenvalue weighted by Gasteiger charge is -2.17. The highest BCUT2D eigenvalue weighted by atomic mass is 19.4. The van der Waals surface area contributed by atoms with Crippen LogP contribution in [0, 0.1) is 11.6 Å². The summed E-state index contributed by atoms with van der Waals surface area (Å²) in [6, 6.07) is 1.42. The van der Waals surface area contributed by atoms with Crippen LogP contribution >= 0.6 is 0 Å². The fraction of sp³-hybridized carbons (Fsp3) is 0.333. The maximum Gasteiger partial charge on any atom is 0.411 e. The molecule has 9 heteroatoms. The first-order valence-electron chi connectivity index (χ1n) is 5.71. The van der Waals surface area contributed by atoms with E-state index in [0.717, 1.165) is 6.07 Å². The Kier molecular flexibility index (Phi) is 3.95. The molecule has 1 amide bonds. The van der Waals surface area contributed by atoms with Gasteiger partial charge in [0.05, 0.1) is 17.9 Å². The molecular formula is C12H8F5NO3. The maximum absolute atomic E-state index is 13.6. The van der Waals surface area contributed by atoms with Gasteiger partial charge in [0.1, 0.15) is 18.2 Å². The molecule has 0 saturated carbocycles. The van der Waals surface area contributed by atoms with Gasteiger partial charge in [-0.2, -0.15) is 13.2 Å². The van der Waals surface area contributed by atoms with E-state index in [-0.39, 0.29) is 0 Å². The highest BCUT2D eigenvalue weighted by molar-refractivity contribution is 6.52. The Hall–Kier alpha value is -2.03. The van der Waals surface area contributed by atoms with Crippen molar-refractivity contribution in [1.82, 2.24) is 0 Å². The molecule has 1 aliphatic heterocycles. The molecule has 0 aliphatic carbocycles. The largest absolute Gasteiger partial charge is 0.411 e. The molecule has 0 fully saturated rings. The number of benzene rings is 1. The van der Waals surface area contributed by atoms with Crippen LogP contribution in [0.5, 0.6) is 0 Å². The highest BCUT2D eigenvalue weighted by Gasteiger charge is 2.40. The number of anilines is 1. The summed E-state index contributed by atoms with van der Waals surface area (Å²) in [5, 5.41) is 0. The third-order valence-corrected chi connectivity index (χ3v) is 2.74. The summed E-state index contributed by atoms with van der Waals surface area (Å²) in [7, 11) is 0. The van der Waals surface area contributed by atoms with Gasteiger partial charge >= 0.3 is 6.18 Å². The van der Waals surface area contributed by atoms with Gasteiger partial charge in [0.15, 0.2) is 0 Å². The van der Waals surface area contributed by atoms with Crippen LogP contribution in [0.1, 0.15) is 10.4 Å². The van der Waals surface area contributed by atoms with Gasteiger partial charge in [0, 0.05) is 6.54 Å². The summed E-state index contributed by atoms with van der Waals surface area (Å²) in [5.74, 6) is -4.52. The third kappa shape index (κ3) is 3.02. The summed E-state index contributed by atoms with van der Waals surface area (Å²) < 4.78 is 67.0. The van der Waals surface area contributed by atoms with E-state index in [1.807, 2.05) is 0 Å². The number of hydrogen-bond acceptors (Lipinski definition) is 3. The van der Waals surface area contributed by atoms with Crippen molar-refractivity contribution in [3.05, 3.63) is 29.3 Å². The number of carbonyl (C=O) groups excluding carboxylic acids is 2. The monoisotopic (exact) mass is 309 g/mol. The number of ether oxygens (including phenoxy) is 1. The van der Waals surface area contributed by atoms with Crippen LogP contribution < -0.4 is 4.90 Å². The maximum atomic E-state index is 13.6. The van der Waals surface area contributed by atoms with Crippen LogP contribution in [0.25, 0.3) is 0 Å². The molecule has 0 bridgehead atoms. The smallest absolute Gasteiger partial charge is 0.370 e. The molecule has 1 aromatic carbocycles. The molecule has 0 unspecified atom stereocenters. The molecular weight excluding hydrogens is 301 g/mol. The molecule has 21 heavy (non-hydrogen) atoms. The first kappa shape index (κ1) is 15.4. The number of rotatable bonds is 4. The molecule has 4 nitrogen and oxygen atoms in total. The second-order valence-electron chi connectivity index (χ2n) is 4.21. The van der Waals surface area contributed by atoms with E-state index in [9.17, 15) is 31.5 Å². The van der Waals surface area contributed by atoms with Crippen molar-refractivity contribution >= 4 is 17.4 Å². The quantitative estimate of drug-likeness (QED) is 0.486. The summed E-state index contributed by atoms with van der Waals surface area (Å²) in [5.41, 5.74) is -1.28. The Balaban J connectivity index is 2.14. The fourth-order valence-electron chi connectivity index (χ4n) is 1.91. The number of halogens is 5. The van der Waals surface area contributed by atoms with Crippen LogP contribution in [0.4, 0.5) is 27.6 Å². The van der Waals surface area contributed by atoms with E-state index in [4.69, 9.17) is 0 Å². The van der Waals surface area contributed by atoms with Crippen molar-refractivity contribution in [1.29, 1.82) is 0 Å². The minimum Gasteiger partial charge on any atom is -0.370 e. The second-order valence-corrected chi connectivity index (χ2v) is 4.21. The number of Topliss-reactive ketones (excluding diaryl/α,β-unsaturated/α-hetero) is 1. The van der Waals surface area contributed by atoms with Crippen LogP contribution in [0.2, 0.25) is 0 Å². The molecule has 0 atom stereocenters. The first-order valence-corrected chi connectivity index (χ1v) is 5.71. The van der Waals surface area contributed by atoms with Crippen LogP contribution in [-0.2, 0) is 9.53 Å². The molecule has 1 aliphatic rings. The molecule has 0 radical (unpaired) electrons. The van der Waals surface area contributed by atoms with Crippen molar-refractivity contribution in [3.63, 3.8) is 0 Å². The summed E-state index contributed by atoms with van der Waals surface area (Å²) >= 11 is 0. The van der Waals surface area contributed by atoms with E-state index >= 15 is 0 Å². The zero-order valence-corrected chi connectivity index (χ0v) is 10.3. The Labute approximate surface area is 115 Å². The fourth-order valence-corrected chi connectivity index (χ4v) is 1.91. The Bertz CT molecular complexity index is 599. The van der Waals surface area contributed by atoms with E-state index in [1.54, 1.807) is 0 Å². The van der Waals surface area contributed by atoms with Gasteiger partial charge in [-0.05, 0) is 12.1 Å². The molecule has 1 aromatic rings. The van der Waals surface area contributed by atoms with Crippen molar-refractivity contribution in [2.75, 3.05) is 24.7 Å². The van der Waals surface area contributed by atoms with Gasteiger partial charge < -0.3 is 4.74 Å².